The van der Waals surface area contributed by atoms with Gasteiger partial charge >= 0.3 is 0 Å². The molecule has 3 heteroatoms. The fourth-order valence-corrected chi connectivity index (χ4v) is 3.68. The second-order valence-corrected chi connectivity index (χ2v) is 6.54. The Balaban J connectivity index is 1.55. The van der Waals surface area contributed by atoms with Crippen LogP contribution in [0.3, 0.4) is 0 Å². The lowest BCUT2D eigenvalue weighted by Crippen LogP contribution is -2.16. The number of allylic oxidation sites excluding steroid dienone is 4. The number of ether oxygens (including phenoxy) is 1. The van der Waals surface area contributed by atoms with E-state index in [1.807, 2.05) is 42.5 Å². The maximum absolute atomic E-state index is 14.5. The molecule has 4 rings (SSSR count). The fourth-order valence-electron chi connectivity index (χ4n) is 3.68. The van der Waals surface area contributed by atoms with Gasteiger partial charge in [-0.05, 0) is 54.2 Å². The Morgan fingerprint density at radius 3 is 2.68 bits per heavy atom. The Morgan fingerprint density at radius 2 is 1.88 bits per heavy atom. The van der Waals surface area contributed by atoms with Crippen LogP contribution in [0.15, 0.2) is 71.8 Å². The zero-order valence-corrected chi connectivity index (χ0v) is 13.9. The molecule has 0 N–H and O–H groups in total. The highest BCUT2D eigenvalue weighted by atomic mass is 19.1. The number of ketones is 1. The smallest absolute Gasteiger partial charge is 0.167 e. The third-order valence-corrected chi connectivity index (χ3v) is 4.91. The van der Waals surface area contributed by atoms with Crippen molar-refractivity contribution in [3.05, 3.63) is 88.8 Å². The summed E-state index contributed by atoms with van der Waals surface area (Å²) < 4.78 is 20.1. The average Bonchev–Trinajstić information content (AvgIpc) is 3.10. The second kappa shape index (κ2) is 6.67. The summed E-state index contributed by atoms with van der Waals surface area (Å²) in [6.45, 7) is 0.317. The highest BCUT2D eigenvalue weighted by Crippen LogP contribution is 2.41. The molecule has 0 radical (unpaired) electrons. The SMILES string of the molecule is O=C1C=CC2=C(CCC2)C1c1ccc(OCc2ccccc2)c(F)c1. The van der Waals surface area contributed by atoms with E-state index in [-0.39, 0.29) is 17.5 Å². The molecule has 0 bridgehead atoms. The van der Waals surface area contributed by atoms with Crippen molar-refractivity contribution in [2.45, 2.75) is 31.8 Å². The van der Waals surface area contributed by atoms with Crippen molar-refractivity contribution in [3.8, 4) is 5.75 Å². The molecule has 0 aromatic heterocycles. The minimum absolute atomic E-state index is 0.0398. The maximum Gasteiger partial charge on any atom is 0.167 e. The van der Waals surface area contributed by atoms with Gasteiger partial charge in [-0.15, -0.1) is 0 Å². The molecule has 0 amide bonds. The molecule has 0 spiro atoms. The van der Waals surface area contributed by atoms with E-state index in [0.717, 1.165) is 30.4 Å². The lowest BCUT2D eigenvalue weighted by Gasteiger charge is -2.21. The third kappa shape index (κ3) is 3.14. The van der Waals surface area contributed by atoms with Crippen LogP contribution in [-0.4, -0.2) is 5.78 Å². The summed E-state index contributed by atoms with van der Waals surface area (Å²) in [5, 5.41) is 0. The molecular formula is C22H19FO2. The van der Waals surface area contributed by atoms with Gasteiger partial charge in [0, 0.05) is 0 Å². The van der Waals surface area contributed by atoms with Crippen LogP contribution in [-0.2, 0) is 11.4 Å². The number of benzene rings is 2. The van der Waals surface area contributed by atoms with E-state index in [2.05, 4.69) is 0 Å². The zero-order chi connectivity index (χ0) is 17.2. The van der Waals surface area contributed by atoms with Gasteiger partial charge in [0.15, 0.2) is 17.3 Å². The van der Waals surface area contributed by atoms with Crippen molar-refractivity contribution < 1.29 is 13.9 Å². The molecule has 1 unspecified atom stereocenters. The molecule has 126 valence electrons. The van der Waals surface area contributed by atoms with Gasteiger partial charge in [-0.3, -0.25) is 4.79 Å². The van der Waals surface area contributed by atoms with Crippen LogP contribution in [0.2, 0.25) is 0 Å². The predicted molar refractivity (Wildman–Crippen MR) is 94.9 cm³/mol. The summed E-state index contributed by atoms with van der Waals surface area (Å²) >= 11 is 0. The fraction of sp³-hybridized carbons (Fsp3) is 0.227. The van der Waals surface area contributed by atoms with E-state index in [1.165, 1.54) is 11.6 Å². The summed E-state index contributed by atoms with van der Waals surface area (Å²) in [7, 11) is 0. The maximum atomic E-state index is 14.5. The lowest BCUT2D eigenvalue weighted by atomic mass is 9.82. The standard InChI is InChI=1S/C22H19FO2/c23-19-13-17(22-18-8-4-7-16(18)9-11-20(22)24)10-12-21(19)25-14-15-5-2-1-3-6-15/h1-3,5-6,9-13,22H,4,7-8,14H2. The highest BCUT2D eigenvalue weighted by Gasteiger charge is 2.31. The first-order chi connectivity index (χ1) is 12.2. The number of carbonyl (C=O) groups excluding carboxylic acids is 1. The highest BCUT2D eigenvalue weighted by molar-refractivity contribution is 6.00. The Hall–Kier alpha value is -2.68. The van der Waals surface area contributed by atoms with Gasteiger partial charge < -0.3 is 4.74 Å². The van der Waals surface area contributed by atoms with Gasteiger partial charge in [0.1, 0.15) is 6.61 Å². The molecule has 25 heavy (non-hydrogen) atoms. The van der Waals surface area contributed by atoms with Gasteiger partial charge in [0.05, 0.1) is 5.92 Å². The molecule has 0 heterocycles. The lowest BCUT2D eigenvalue weighted by molar-refractivity contribution is -0.115. The van der Waals surface area contributed by atoms with E-state index in [1.54, 1.807) is 12.1 Å². The Labute approximate surface area is 146 Å². The van der Waals surface area contributed by atoms with Crippen molar-refractivity contribution in [1.82, 2.24) is 0 Å². The first-order valence-electron chi connectivity index (χ1n) is 8.62. The van der Waals surface area contributed by atoms with Crippen LogP contribution >= 0.6 is 0 Å². The third-order valence-electron chi connectivity index (χ3n) is 4.91. The van der Waals surface area contributed by atoms with Crippen LogP contribution in [0.4, 0.5) is 4.39 Å². The van der Waals surface area contributed by atoms with Crippen LogP contribution in [0.25, 0.3) is 0 Å². The number of rotatable bonds is 4. The topological polar surface area (TPSA) is 26.3 Å². The summed E-state index contributed by atoms with van der Waals surface area (Å²) in [5.74, 6) is -0.499. The van der Waals surface area contributed by atoms with Crippen molar-refractivity contribution >= 4 is 5.78 Å². The number of hydrogen-bond donors (Lipinski definition) is 0. The Kier molecular flexibility index (Phi) is 4.22. The first-order valence-corrected chi connectivity index (χ1v) is 8.62. The number of carbonyl (C=O) groups is 1. The van der Waals surface area contributed by atoms with E-state index >= 15 is 0 Å². The zero-order valence-electron chi connectivity index (χ0n) is 13.9. The average molecular weight is 334 g/mol. The number of hydrogen-bond acceptors (Lipinski definition) is 2. The van der Waals surface area contributed by atoms with Gasteiger partial charge in [-0.2, -0.15) is 0 Å². The molecule has 2 aliphatic rings. The summed E-state index contributed by atoms with van der Waals surface area (Å²) in [5.41, 5.74) is 4.10. The normalized spacial score (nSPS) is 19.2. The van der Waals surface area contributed by atoms with Crippen LogP contribution in [0.5, 0.6) is 5.75 Å². The quantitative estimate of drug-likeness (QED) is 0.777. The second-order valence-electron chi connectivity index (χ2n) is 6.54. The van der Waals surface area contributed by atoms with Crippen LogP contribution < -0.4 is 4.74 Å². The first kappa shape index (κ1) is 15.8. The van der Waals surface area contributed by atoms with E-state index in [4.69, 9.17) is 4.74 Å². The van der Waals surface area contributed by atoms with E-state index in [0.29, 0.717) is 12.2 Å². The Morgan fingerprint density at radius 1 is 1.04 bits per heavy atom. The molecule has 0 saturated carbocycles. The van der Waals surface area contributed by atoms with Gasteiger partial charge in [0.25, 0.3) is 0 Å². The Bertz CT molecular complexity index is 865. The number of halogens is 1. The molecule has 0 fully saturated rings. The molecule has 2 aliphatic carbocycles. The van der Waals surface area contributed by atoms with Crippen LogP contribution in [0.1, 0.15) is 36.3 Å². The molecular weight excluding hydrogens is 315 g/mol. The van der Waals surface area contributed by atoms with Crippen molar-refractivity contribution in [3.63, 3.8) is 0 Å². The van der Waals surface area contributed by atoms with Crippen molar-refractivity contribution in [2.24, 2.45) is 0 Å². The largest absolute Gasteiger partial charge is 0.486 e. The van der Waals surface area contributed by atoms with E-state index in [9.17, 15) is 9.18 Å². The molecule has 2 aromatic rings. The molecule has 0 saturated heterocycles. The van der Waals surface area contributed by atoms with Gasteiger partial charge in [-0.25, -0.2) is 4.39 Å². The van der Waals surface area contributed by atoms with Crippen LogP contribution in [0, 0.1) is 5.82 Å². The summed E-state index contributed by atoms with van der Waals surface area (Å²) in [6.07, 6.45) is 6.56. The van der Waals surface area contributed by atoms with Gasteiger partial charge in [0.2, 0.25) is 0 Å². The molecule has 2 nitrogen and oxygen atoms in total. The summed E-state index contributed by atoms with van der Waals surface area (Å²) in [4.78, 5) is 12.4. The molecule has 2 aromatic carbocycles. The predicted octanol–water partition coefficient (Wildman–Crippen LogP) is 5.11. The monoisotopic (exact) mass is 334 g/mol. The minimum atomic E-state index is -0.420. The minimum Gasteiger partial charge on any atom is -0.486 e. The van der Waals surface area contributed by atoms with Crippen molar-refractivity contribution in [1.29, 1.82) is 0 Å². The molecule has 0 aliphatic heterocycles. The van der Waals surface area contributed by atoms with E-state index < -0.39 is 5.82 Å². The molecule has 1 atom stereocenters. The summed E-state index contributed by atoms with van der Waals surface area (Å²) in [6, 6.07) is 14.6. The van der Waals surface area contributed by atoms with Gasteiger partial charge in [-0.1, -0.05) is 48.0 Å². The van der Waals surface area contributed by atoms with Crippen molar-refractivity contribution in [2.75, 3.05) is 0 Å².